The standard InChI is InChI=1S/C13H25N3O/c1-4-7-15-13(17)10(3)16-8-6-12(14)11(5-2)9-16/h4,10-12H,1,5-9,14H2,2-3H3,(H,15,17). The zero-order valence-corrected chi connectivity index (χ0v) is 11.0. The maximum atomic E-state index is 11.8. The number of hydrogen-bond acceptors (Lipinski definition) is 3. The van der Waals surface area contributed by atoms with Crippen molar-refractivity contribution < 1.29 is 4.79 Å². The number of amides is 1. The van der Waals surface area contributed by atoms with Gasteiger partial charge < -0.3 is 11.1 Å². The van der Waals surface area contributed by atoms with Crippen molar-refractivity contribution >= 4 is 5.91 Å². The van der Waals surface area contributed by atoms with Gasteiger partial charge in [0, 0.05) is 25.7 Å². The third-order valence-electron chi connectivity index (χ3n) is 3.70. The predicted octanol–water partition coefficient (Wildman–Crippen LogP) is 0.736. The Bertz CT molecular complexity index is 267. The molecule has 1 rings (SSSR count). The molecule has 0 spiro atoms. The highest BCUT2D eigenvalue weighted by molar-refractivity contribution is 5.81. The number of likely N-dealkylation sites (tertiary alicyclic amines) is 1. The molecule has 0 saturated carbocycles. The molecule has 4 heteroatoms. The van der Waals surface area contributed by atoms with Crippen molar-refractivity contribution in [3.05, 3.63) is 12.7 Å². The minimum absolute atomic E-state index is 0.0727. The molecule has 0 aromatic rings. The van der Waals surface area contributed by atoms with E-state index in [1.807, 2.05) is 6.92 Å². The van der Waals surface area contributed by atoms with Gasteiger partial charge in [0.05, 0.1) is 6.04 Å². The maximum Gasteiger partial charge on any atom is 0.237 e. The Balaban J connectivity index is 2.49. The molecule has 3 N–H and O–H groups in total. The summed E-state index contributed by atoms with van der Waals surface area (Å²) in [4.78, 5) is 14.1. The molecule has 98 valence electrons. The van der Waals surface area contributed by atoms with Gasteiger partial charge >= 0.3 is 0 Å². The highest BCUT2D eigenvalue weighted by Crippen LogP contribution is 2.20. The molecule has 0 aliphatic carbocycles. The molecule has 1 fully saturated rings. The minimum Gasteiger partial charge on any atom is -0.351 e. The number of rotatable bonds is 5. The van der Waals surface area contributed by atoms with Crippen molar-refractivity contribution in [3.63, 3.8) is 0 Å². The highest BCUT2D eigenvalue weighted by Gasteiger charge is 2.30. The summed E-state index contributed by atoms with van der Waals surface area (Å²) in [5, 5.41) is 2.84. The molecule has 3 unspecified atom stereocenters. The van der Waals surface area contributed by atoms with Crippen molar-refractivity contribution in [2.24, 2.45) is 11.7 Å². The van der Waals surface area contributed by atoms with E-state index in [2.05, 4.69) is 23.7 Å². The van der Waals surface area contributed by atoms with Crippen molar-refractivity contribution in [2.45, 2.75) is 38.8 Å². The van der Waals surface area contributed by atoms with Crippen molar-refractivity contribution in [3.8, 4) is 0 Å². The van der Waals surface area contributed by atoms with Gasteiger partial charge in [-0.1, -0.05) is 19.4 Å². The molecule has 1 aliphatic rings. The molecule has 0 aromatic carbocycles. The first kappa shape index (κ1) is 14.2. The van der Waals surface area contributed by atoms with E-state index in [4.69, 9.17) is 5.73 Å². The van der Waals surface area contributed by atoms with Crippen LogP contribution in [-0.4, -0.2) is 42.5 Å². The molecular weight excluding hydrogens is 214 g/mol. The smallest absolute Gasteiger partial charge is 0.237 e. The maximum absolute atomic E-state index is 11.8. The number of nitrogens with one attached hydrogen (secondary N) is 1. The van der Waals surface area contributed by atoms with E-state index in [0.717, 1.165) is 25.9 Å². The number of hydrogen-bond donors (Lipinski definition) is 2. The first-order valence-corrected chi connectivity index (χ1v) is 6.48. The normalized spacial score (nSPS) is 27.5. The van der Waals surface area contributed by atoms with E-state index in [-0.39, 0.29) is 11.9 Å². The van der Waals surface area contributed by atoms with Crippen LogP contribution in [0.4, 0.5) is 0 Å². The lowest BCUT2D eigenvalue weighted by Crippen LogP contribution is -2.53. The molecular formula is C13H25N3O. The zero-order chi connectivity index (χ0) is 12.8. The van der Waals surface area contributed by atoms with Crippen LogP contribution >= 0.6 is 0 Å². The molecule has 1 saturated heterocycles. The van der Waals surface area contributed by atoms with E-state index in [9.17, 15) is 4.79 Å². The molecule has 1 amide bonds. The third-order valence-corrected chi connectivity index (χ3v) is 3.70. The lowest BCUT2D eigenvalue weighted by Gasteiger charge is -2.39. The summed E-state index contributed by atoms with van der Waals surface area (Å²) >= 11 is 0. The van der Waals surface area contributed by atoms with Crippen molar-refractivity contribution in [1.29, 1.82) is 0 Å². The van der Waals surface area contributed by atoms with E-state index in [1.165, 1.54) is 0 Å². The zero-order valence-electron chi connectivity index (χ0n) is 11.0. The van der Waals surface area contributed by atoms with Gasteiger partial charge in [-0.25, -0.2) is 0 Å². The largest absolute Gasteiger partial charge is 0.351 e. The van der Waals surface area contributed by atoms with Gasteiger partial charge in [0.15, 0.2) is 0 Å². The highest BCUT2D eigenvalue weighted by atomic mass is 16.2. The molecule has 0 bridgehead atoms. The summed E-state index contributed by atoms with van der Waals surface area (Å²) in [7, 11) is 0. The van der Waals surface area contributed by atoms with Crippen LogP contribution in [0.5, 0.6) is 0 Å². The first-order chi connectivity index (χ1) is 8.10. The Hall–Kier alpha value is -0.870. The summed E-state index contributed by atoms with van der Waals surface area (Å²) < 4.78 is 0. The van der Waals surface area contributed by atoms with Crippen LogP contribution in [0.3, 0.4) is 0 Å². The van der Waals surface area contributed by atoms with Crippen LogP contribution in [0.15, 0.2) is 12.7 Å². The summed E-state index contributed by atoms with van der Waals surface area (Å²) in [6.45, 7) is 10.1. The van der Waals surface area contributed by atoms with Gasteiger partial charge in [-0.2, -0.15) is 0 Å². The topological polar surface area (TPSA) is 58.4 Å². The molecule has 17 heavy (non-hydrogen) atoms. The van der Waals surface area contributed by atoms with Gasteiger partial charge in [-0.3, -0.25) is 9.69 Å². The Morgan fingerprint density at radius 1 is 1.71 bits per heavy atom. The predicted molar refractivity (Wildman–Crippen MR) is 70.6 cm³/mol. The van der Waals surface area contributed by atoms with Crippen LogP contribution in [0.1, 0.15) is 26.7 Å². The van der Waals surface area contributed by atoms with Crippen LogP contribution in [-0.2, 0) is 4.79 Å². The van der Waals surface area contributed by atoms with Crippen LogP contribution in [0.25, 0.3) is 0 Å². The Labute approximate surface area is 104 Å². The van der Waals surface area contributed by atoms with E-state index in [0.29, 0.717) is 18.5 Å². The molecule has 3 atom stereocenters. The first-order valence-electron chi connectivity index (χ1n) is 6.48. The Kier molecular flexibility index (Phi) is 5.65. The number of carbonyl (C=O) groups is 1. The lowest BCUT2D eigenvalue weighted by molar-refractivity contribution is -0.126. The van der Waals surface area contributed by atoms with Crippen molar-refractivity contribution in [2.75, 3.05) is 19.6 Å². The van der Waals surface area contributed by atoms with E-state index < -0.39 is 0 Å². The molecule has 4 nitrogen and oxygen atoms in total. The number of carbonyl (C=O) groups excluding carboxylic acids is 1. The quantitative estimate of drug-likeness (QED) is 0.696. The lowest BCUT2D eigenvalue weighted by atomic mass is 9.90. The van der Waals surface area contributed by atoms with Gasteiger partial charge in [0.1, 0.15) is 0 Å². The second-order valence-corrected chi connectivity index (χ2v) is 4.83. The fourth-order valence-corrected chi connectivity index (χ4v) is 2.35. The minimum atomic E-state index is -0.0727. The van der Waals surface area contributed by atoms with Crippen LogP contribution in [0, 0.1) is 5.92 Å². The summed E-state index contributed by atoms with van der Waals surface area (Å²) in [5.41, 5.74) is 6.07. The van der Waals surface area contributed by atoms with Gasteiger partial charge in [0.2, 0.25) is 5.91 Å². The Morgan fingerprint density at radius 2 is 2.41 bits per heavy atom. The third kappa shape index (κ3) is 3.82. The van der Waals surface area contributed by atoms with Crippen LogP contribution < -0.4 is 11.1 Å². The molecule has 0 aromatic heterocycles. The van der Waals surface area contributed by atoms with Gasteiger partial charge in [-0.05, 0) is 19.3 Å². The van der Waals surface area contributed by atoms with E-state index >= 15 is 0 Å². The fraction of sp³-hybridized carbons (Fsp3) is 0.769. The average molecular weight is 239 g/mol. The molecule has 0 radical (unpaired) electrons. The fourth-order valence-electron chi connectivity index (χ4n) is 2.35. The van der Waals surface area contributed by atoms with Gasteiger partial charge in [-0.15, -0.1) is 6.58 Å². The summed E-state index contributed by atoms with van der Waals surface area (Å²) in [6.07, 6.45) is 3.77. The summed E-state index contributed by atoms with van der Waals surface area (Å²) in [6, 6.07) is 0.219. The molecule has 1 aliphatic heterocycles. The monoisotopic (exact) mass is 239 g/mol. The van der Waals surface area contributed by atoms with E-state index in [1.54, 1.807) is 6.08 Å². The number of nitrogens with zero attached hydrogens (tertiary/aromatic N) is 1. The number of nitrogens with two attached hydrogens (primary N) is 1. The van der Waals surface area contributed by atoms with Crippen molar-refractivity contribution in [1.82, 2.24) is 10.2 Å². The number of piperidine rings is 1. The van der Waals surface area contributed by atoms with Gasteiger partial charge in [0.25, 0.3) is 0 Å². The Morgan fingerprint density at radius 3 is 3.00 bits per heavy atom. The average Bonchev–Trinajstić information content (AvgIpc) is 2.35. The van der Waals surface area contributed by atoms with Crippen LogP contribution in [0.2, 0.25) is 0 Å². The SMILES string of the molecule is C=CCNC(=O)C(C)N1CCC(N)C(CC)C1. The summed E-state index contributed by atoms with van der Waals surface area (Å²) in [5.74, 6) is 0.591. The molecule has 1 heterocycles. The second kappa shape index (κ2) is 6.77. The second-order valence-electron chi connectivity index (χ2n) is 4.83.